The van der Waals surface area contributed by atoms with E-state index in [1.54, 1.807) is 11.8 Å². The second kappa shape index (κ2) is 3.83. The Labute approximate surface area is 64.5 Å². The molecule has 0 radical (unpaired) electrons. The van der Waals surface area contributed by atoms with E-state index >= 15 is 0 Å². The molecule has 58 valence electrons. The number of thioether (sulfide) groups is 1. The van der Waals surface area contributed by atoms with Crippen LogP contribution < -0.4 is 5.48 Å². The molecule has 0 spiro atoms. The van der Waals surface area contributed by atoms with E-state index in [1.807, 2.05) is 0 Å². The summed E-state index contributed by atoms with van der Waals surface area (Å²) in [6.07, 6.45) is 2.13. The summed E-state index contributed by atoms with van der Waals surface area (Å²) in [6, 6.07) is 0. The van der Waals surface area contributed by atoms with Crippen LogP contribution >= 0.6 is 11.8 Å². The maximum Gasteiger partial charge on any atom is 0.256 e. The Morgan fingerprint density at radius 1 is 1.80 bits per heavy atom. The minimum absolute atomic E-state index is 0.00463. The highest BCUT2D eigenvalue weighted by atomic mass is 32.2. The minimum Gasteiger partial charge on any atom is -0.277 e. The lowest BCUT2D eigenvalue weighted by Gasteiger charge is -2.06. The molecule has 1 rings (SSSR count). The third-order valence-corrected chi connectivity index (χ3v) is 2.80. The zero-order valence-electron chi connectivity index (χ0n) is 5.92. The van der Waals surface area contributed by atoms with Crippen molar-refractivity contribution < 1.29 is 9.63 Å². The van der Waals surface area contributed by atoms with Gasteiger partial charge in [0.15, 0.2) is 0 Å². The topological polar surface area (TPSA) is 38.3 Å². The summed E-state index contributed by atoms with van der Waals surface area (Å²) >= 11 is 1.70. The molecule has 1 aliphatic rings. The number of hydroxylamine groups is 1. The van der Waals surface area contributed by atoms with Gasteiger partial charge in [0.2, 0.25) is 0 Å². The summed E-state index contributed by atoms with van der Waals surface area (Å²) in [5.41, 5.74) is 2.33. The van der Waals surface area contributed by atoms with Gasteiger partial charge in [-0.3, -0.25) is 9.63 Å². The van der Waals surface area contributed by atoms with Crippen molar-refractivity contribution in [1.29, 1.82) is 0 Å². The lowest BCUT2D eigenvalue weighted by Crippen LogP contribution is -2.30. The fourth-order valence-corrected chi connectivity index (χ4v) is 2.10. The molecule has 0 aliphatic carbocycles. The Morgan fingerprint density at radius 2 is 2.60 bits per heavy atom. The summed E-state index contributed by atoms with van der Waals surface area (Å²) in [4.78, 5) is 15.5. The van der Waals surface area contributed by atoms with Gasteiger partial charge in [0.05, 0.1) is 12.4 Å². The highest BCUT2D eigenvalue weighted by Gasteiger charge is 2.22. The Bertz CT molecular complexity index is 123. The van der Waals surface area contributed by atoms with Gasteiger partial charge in [-0.15, -0.1) is 11.8 Å². The van der Waals surface area contributed by atoms with Gasteiger partial charge in [0.1, 0.15) is 0 Å². The van der Waals surface area contributed by atoms with Crippen LogP contribution in [0.15, 0.2) is 0 Å². The highest BCUT2D eigenvalue weighted by Crippen LogP contribution is 2.25. The number of amides is 1. The van der Waals surface area contributed by atoms with Crippen LogP contribution in [0, 0.1) is 0 Å². The monoisotopic (exact) mass is 161 g/mol. The largest absolute Gasteiger partial charge is 0.277 e. The summed E-state index contributed by atoms with van der Waals surface area (Å²) in [6.45, 7) is 0. The van der Waals surface area contributed by atoms with Crippen molar-refractivity contribution in [2.45, 2.75) is 18.1 Å². The molecule has 1 heterocycles. The van der Waals surface area contributed by atoms with E-state index in [0.717, 1.165) is 18.6 Å². The van der Waals surface area contributed by atoms with Crippen molar-refractivity contribution >= 4 is 17.7 Å². The molecule has 1 N–H and O–H groups in total. The Balaban J connectivity index is 2.25. The molecule has 0 bridgehead atoms. The molecular formula is C6H11NO2S. The maximum atomic E-state index is 11.0. The predicted molar refractivity (Wildman–Crippen MR) is 40.6 cm³/mol. The molecule has 0 aromatic heterocycles. The zero-order chi connectivity index (χ0) is 7.40. The number of rotatable bonds is 2. The number of hydrogen-bond acceptors (Lipinski definition) is 3. The first-order valence-corrected chi connectivity index (χ1v) is 4.34. The molecule has 0 aromatic rings. The van der Waals surface area contributed by atoms with Crippen molar-refractivity contribution in [2.24, 2.45) is 0 Å². The lowest BCUT2D eigenvalue weighted by atomic mass is 10.2. The SMILES string of the molecule is CONC(=O)C1CCCS1. The fourth-order valence-electron chi connectivity index (χ4n) is 0.951. The quantitative estimate of drug-likeness (QED) is 0.601. The van der Waals surface area contributed by atoms with Crippen LogP contribution in [-0.4, -0.2) is 24.0 Å². The fraction of sp³-hybridized carbons (Fsp3) is 0.833. The first kappa shape index (κ1) is 7.88. The number of hydrogen-bond donors (Lipinski definition) is 1. The third kappa shape index (κ3) is 1.88. The molecule has 1 fully saturated rings. The van der Waals surface area contributed by atoms with Crippen molar-refractivity contribution in [2.75, 3.05) is 12.9 Å². The Hall–Kier alpha value is -0.220. The van der Waals surface area contributed by atoms with Gasteiger partial charge >= 0.3 is 0 Å². The molecule has 0 saturated carbocycles. The molecule has 10 heavy (non-hydrogen) atoms. The first-order valence-electron chi connectivity index (χ1n) is 3.29. The van der Waals surface area contributed by atoms with E-state index in [2.05, 4.69) is 10.3 Å². The number of carbonyl (C=O) groups excluding carboxylic acids is 1. The van der Waals surface area contributed by atoms with Crippen LogP contribution in [0.2, 0.25) is 0 Å². The smallest absolute Gasteiger partial charge is 0.256 e. The van der Waals surface area contributed by atoms with Crippen molar-refractivity contribution in [1.82, 2.24) is 5.48 Å². The van der Waals surface area contributed by atoms with Crippen LogP contribution in [0.5, 0.6) is 0 Å². The normalized spacial score (nSPS) is 24.7. The summed E-state index contributed by atoms with van der Waals surface area (Å²) in [7, 11) is 1.46. The number of carbonyl (C=O) groups is 1. The lowest BCUT2D eigenvalue weighted by molar-refractivity contribution is -0.130. The van der Waals surface area contributed by atoms with Crippen LogP contribution in [0.25, 0.3) is 0 Å². The number of nitrogens with one attached hydrogen (secondary N) is 1. The molecular weight excluding hydrogens is 150 g/mol. The van der Waals surface area contributed by atoms with Crippen LogP contribution in [0.3, 0.4) is 0 Å². The molecule has 3 nitrogen and oxygen atoms in total. The molecule has 1 saturated heterocycles. The van der Waals surface area contributed by atoms with Gasteiger partial charge in [0.25, 0.3) is 5.91 Å². The average Bonchev–Trinajstić information content (AvgIpc) is 2.38. The van der Waals surface area contributed by atoms with Gasteiger partial charge in [-0.05, 0) is 18.6 Å². The molecule has 4 heteroatoms. The van der Waals surface area contributed by atoms with E-state index < -0.39 is 0 Å². The predicted octanol–water partition coefficient (Wildman–Crippen LogP) is 0.560. The van der Waals surface area contributed by atoms with Gasteiger partial charge < -0.3 is 0 Å². The van der Waals surface area contributed by atoms with Gasteiger partial charge in [-0.25, -0.2) is 5.48 Å². The molecule has 1 unspecified atom stereocenters. The van der Waals surface area contributed by atoms with E-state index in [-0.39, 0.29) is 11.2 Å². The molecule has 0 aromatic carbocycles. The zero-order valence-corrected chi connectivity index (χ0v) is 6.74. The van der Waals surface area contributed by atoms with Crippen LogP contribution in [0.1, 0.15) is 12.8 Å². The van der Waals surface area contributed by atoms with Gasteiger partial charge in [0, 0.05) is 0 Å². The van der Waals surface area contributed by atoms with Crippen molar-refractivity contribution in [3.63, 3.8) is 0 Å². The second-order valence-corrected chi connectivity index (χ2v) is 3.48. The average molecular weight is 161 g/mol. The van der Waals surface area contributed by atoms with Crippen molar-refractivity contribution in [3.8, 4) is 0 Å². The standard InChI is InChI=1S/C6H11NO2S/c1-9-7-6(8)5-3-2-4-10-5/h5H,2-4H2,1H3,(H,7,8). The van der Waals surface area contributed by atoms with Gasteiger partial charge in [-0.1, -0.05) is 0 Å². The second-order valence-electron chi connectivity index (χ2n) is 2.17. The van der Waals surface area contributed by atoms with E-state index in [9.17, 15) is 4.79 Å². The van der Waals surface area contributed by atoms with Crippen molar-refractivity contribution in [3.05, 3.63) is 0 Å². The third-order valence-electron chi connectivity index (χ3n) is 1.42. The minimum atomic E-state index is 0.00463. The van der Waals surface area contributed by atoms with E-state index in [4.69, 9.17) is 0 Å². The molecule has 1 atom stereocenters. The summed E-state index contributed by atoms with van der Waals surface area (Å²) in [5, 5.41) is 0.125. The molecule has 1 amide bonds. The van der Waals surface area contributed by atoms with E-state index in [1.165, 1.54) is 7.11 Å². The van der Waals surface area contributed by atoms with E-state index in [0.29, 0.717) is 0 Å². The summed E-state index contributed by atoms with van der Waals surface area (Å²) < 4.78 is 0. The van der Waals surface area contributed by atoms with Crippen LogP contribution in [0.4, 0.5) is 0 Å². The Kier molecular flexibility index (Phi) is 3.02. The first-order chi connectivity index (χ1) is 4.84. The van der Waals surface area contributed by atoms with Crippen LogP contribution in [-0.2, 0) is 9.63 Å². The Morgan fingerprint density at radius 3 is 3.10 bits per heavy atom. The maximum absolute atomic E-state index is 11.0. The highest BCUT2D eigenvalue weighted by molar-refractivity contribution is 8.00. The molecule has 1 aliphatic heterocycles. The van der Waals surface area contributed by atoms with Gasteiger partial charge in [-0.2, -0.15) is 0 Å². The summed E-state index contributed by atoms with van der Waals surface area (Å²) in [5.74, 6) is 1.10.